The number of hydrogen-bond donors (Lipinski definition) is 6. The lowest BCUT2D eigenvalue weighted by molar-refractivity contribution is 0.0839. The molecule has 0 spiro atoms. The maximum Gasteiger partial charge on any atom is 0.200 e. The molecule has 6 rings (SSSR count). The zero-order chi connectivity index (χ0) is 28.3. The van der Waals surface area contributed by atoms with Gasteiger partial charge in [-0.1, -0.05) is 6.07 Å². The Hall–Kier alpha value is -5.38. The van der Waals surface area contributed by atoms with E-state index in [0.717, 1.165) is 12.1 Å². The van der Waals surface area contributed by atoms with Crippen molar-refractivity contribution in [2.24, 2.45) is 0 Å². The second-order valence-electron chi connectivity index (χ2n) is 9.67. The van der Waals surface area contributed by atoms with E-state index in [1.807, 2.05) is 0 Å². The van der Waals surface area contributed by atoms with Crippen LogP contribution < -0.4 is 9.47 Å². The van der Waals surface area contributed by atoms with Crippen molar-refractivity contribution in [3.63, 3.8) is 0 Å². The summed E-state index contributed by atoms with van der Waals surface area (Å²) in [5.41, 5.74) is 1.30. The Bertz CT molecular complexity index is 1700. The smallest absolute Gasteiger partial charge is 0.200 e. The van der Waals surface area contributed by atoms with Crippen LogP contribution in [-0.4, -0.2) is 42.2 Å². The van der Waals surface area contributed by atoms with E-state index in [-0.39, 0.29) is 75.4 Å². The maximum absolute atomic E-state index is 13.1. The first-order valence-corrected chi connectivity index (χ1v) is 12.3. The third-order valence-corrected chi connectivity index (χ3v) is 7.10. The van der Waals surface area contributed by atoms with Gasteiger partial charge >= 0.3 is 0 Å². The molecule has 6 N–H and O–H groups in total. The van der Waals surface area contributed by atoms with Crippen molar-refractivity contribution in [3.8, 4) is 57.1 Å². The van der Waals surface area contributed by atoms with E-state index in [2.05, 4.69) is 0 Å². The van der Waals surface area contributed by atoms with Crippen molar-refractivity contribution in [3.05, 3.63) is 82.9 Å². The first-order chi connectivity index (χ1) is 19.1. The normalized spacial score (nSPS) is 17.9. The summed E-state index contributed by atoms with van der Waals surface area (Å²) in [5, 5.41) is 61.2. The summed E-state index contributed by atoms with van der Waals surface area (Å²) in [6.45, 7) is 0. The first kappa shape index (κ1) is 24.9. The minimum Gasteiger partial charge on any atom is -0.508 e. The number of carbonyl (C=O) groups is 2. The second kappa shape index (κ2) is 9.12. The Morgan fingerprint density at radius 2 is 1.20 bits per heavy atom. The third-order valence-electron chi connectivity index (χ3n) is 7.10. The van der Waals surface area contributed by atoms with Crippen LogP contribution in [0.5, 0.6) is 46.0 Å². The molecule has 2 unspecified atom stereocenters. The number of hydrogen-bond acceptors (Lipinski definition) is 10. The molecule has 10 heteroatoms. The monoisotopic (exact) mass is 542 g/mol. The highest BCUT2D eigenvalue weighted by atomic mass is 16.5. The summed E-state index contributed by atoms with van der Waals surface area (Å²) in [7, 11) is 0. The van der Waals surface area contributed by atoms with Crippen molar-refractivity contribution in [2.45, 2.75) is 25.0 Å². The van der Waals surface area contributed by atoms with Gasteiger partial charge in [0, 0.05) is 17.2 Å². The lowest BCUT2D eigenvalue weighted by atomic mass is 9.89. The zero-order valence-electron chi connectivity index (χ0n) is 20.7. The number of Topliss-reactive ketones (excluding diaryl/α,β-unsaturated/α-hetero) is 2. The van der Waals surface area contributed by atoms with E-state index in [9.17, 15) is 40.2 Å². The van der Waals surface area contributed by atoms with Gasteiger partial charge in [-0.05, 0) is 54.1 Å². The van der Waals surface area contributed by atoms with Crippen LogP contribution in [0.1, 0.15) is 56.9 Å². The molecule has 0 bridgehead atoms. The standard InChI is InChI=1S/C30H22O10/c31-15-2-3-16-21(34)11-25(39-27(16)10-15)13-1-5-19(32)18(7-13)28-20(33)6-4-17-22(35)12-26(40-30(17)28)14-8-23(36)29(38)24(37)9-14/h1-10,25-26,31-33,36-38H,11-12H2. The zero-order valence-corrected chi connectivity index (χ0v) is 20.7. The highest BCUT2D eigenvalue weighted by Gasteiger charge is 2.34. The van der Waals surface area contributed by atoms with Crippen molar-refractivity contribution in [2.75, 3.05) is 0 Å². The number of rotatable bonds is 3. The average Bonchev–Trinajstić information content (AvgIpc) is 2.91. The number of ether oxygens (including phenoxy) is 2. The Morgan fingerprint density at radius 3 is 1.93 bits per heavy atom. The fraction of sp³-hybridized carbons (Fsp3) is 0.133. The molecule has 0 radical (unpaired) electrons. The van der Waals surface area contributed by atoms with Crippen LogP contribution in [-0.2, 0) is 0 Å². The average molecular weight is 542 g/mol. The number of aromatic hydroxyl groups is 6. The molecule has 0 aromatic heterocycles. The van der Waals surface area contributed by atoms with E-state index in [0.29, 0.717) is 11.1 Å². The van der Waals surface area contributed by atoms with Gasteiger partial charge in [0.05, 0.1) is 29.5 Å². The number of fused-ring (bicyclic) bond motifs is 2. The lowest BCUT2D eigenvalue weighted by Crippen LogP contribution is -2.21. The van der Waals surface area contributed by atoms with Gasteiger partial charge in [-0.3, -0.25) is 9.59 Å². The number of phenolic OH excluding ortho intramolecular Hbond substituents is 6. The molecule has 2 aliphatic heterocycles. The van der Waals surface area contributed by atoms with Gasteiger partial charge in [-0.2, -0.15) is 0 Å². The van der Waals surface area contributed by atoms with Crippen LogP contribution in [0, 0.1) is 0 Å². The van der Waals surface area contributed by atoms with Crippen molar-refractivity contribution in [1.29, 1.82) is 0 Å². The highest BCUT2D eigenvalue weighted by molar-refractivity contribution is 6.04. The highest BCUT2D eigenvalue weighted by Crippen LogP contribution is 2.50. The molecule has 2 heterocycles. The molecular formula is C30H22O10. The molecule has 0 aliphatic carbocycles. The molecule has 10 nitrogen and oxygen atoms in total. The summed E-state index contributed by atoms with van der Waals surface area (Å²) in [6, 6.07) is 13.7. The summed E-state index contributed by atoms with van der Waals surface area (Å²) in [5.74, 6) is -2.89. The maximum atomic E-state index is 13.1. The third kappa shape index (κ3) is 4.06. The predicted molar refractivity (Wildman–Crippen MR) is 139 cm³/mol. The van der Waals surface area contributed by atoms with Crippen LogP contribution in [0.2, 0.25) is 0 Å². The number of ketones is 2. The molecule has 0 saturated heterocycles. The van der Waals surface area contributed by atoms with Gasteiger partial charge in [0.25, 0.3) is 0 Å². The molecule has 2 aliphatic rings. The van der Waals surface area contributed by atoms with Gasteiger partial charge in [-0.25, -0.2) is 0 Å². The van der Waals surface area contributed by atoms with Gasteiger partial charge in [-0.15, -0.1) is 0 Å². The molecule has 0 saturated carbocycles. The lowest BCUT2D eigenvalue weighted by Gasteiger charge is -2.29. The van der Waals surface area contributed by atoms with Crippen LogP contribution in [0.4, 0.5) is 0 Å². The fourth-order valence-electron chi connectivity index (χ4n) is 5.09. The van der Waals surface area contributed by atoms with E-state index >= 15 is 0 Å². The van der Waals surface area contributed by atoms with Gasteiger partial charge in [0.15, 0.2) is 28.8 Å². The minimum absolute atomic E-state index is 0.00817. The Balaban J connectivity index is 1.43. The molecule has 40 heavy (non-hydrogen) atoms. The Morgan fingerprint density at radius 1 is 0.575 bits per heavy atom. The van der Waals surface area contributed by atoms with E-state index in [1.54, 1.807) is 6.07 Å². The largest absolute Gasteiger partial charge is 0.508 e. The molecule has 0 amide bonds. The fourth-order valence-corrected chi connectivity index (χ4v) is 5.09. The minimum atomic E-state index is -0.994. The van der Waals surface area contributed by atoms with Gasteiger partial charge in [0.1, 0.15) is 41.0 Å². The number of phenols is 6. The second-order valence-corrected chi connectivity index (χ2v) is 9.67. The van der Waals surface area contributed by atoms with Gasteiger partial charge < -0.3 is 40.1 Å². The summed E-state index contributed by atoms with van der Waals surface area (Å²) in [4.78, 5) is 25.9. The summed E-state index contributed by atoms with van der Waals surface area (Å²) < 4.78 is 12.1. The van der Waals surface area contributed by atoms with E-state index in [4.69, 9.17) is 9.47 Å². The molecule has 4 aromatic carbocycles. The summed E-state index contributed by atoms with van der Waals surface area (Å²) >= 11 is 0. The van der Waals surface area contributed by atoms with Crippen LogP contribution in [0.15, 0.2) is 60.7 Å². The van der Waals surface area contributed by atoms with Crippen LogP contribution >= 0.6 is 0 Å². The van der Waals surface area contributed by atoms with Crippen molar-refractivity contribution < 1.29 is 49.7 Å². The topological polar surface area (TPSA) is 174 Å². The molecule has 0 fully saturated rings. The predicted octanol–water partition coefficient (Wildman–Crippen LogP) is 5.00. The quantitative estimate of drug-likeness (QED) is 0.193. The Labute approximate surface area is 226 Å². The SMILES string of the molecule is O=C1CC(c2ccc(O)c(-c3c(O)ccc4c3OC(c3cc(O)c(O)c(O)c3)CC4=O)c2)Oc2cc(O)ccc21. The van der Waals surface area contributed by atoms with Crippen LogP contribution in [0.3, 0.4) is 0 Å². The first-order valence-electron chi connectivity index (χ1n) is 12.3. The number of carbonyl (C=O) groups excluding carboxylic acids is 2. The molecule has 202 valence electrons. The van der Waals surface area contributed by atoms with Crippen molar-refractivity contribution >= 4 is 11.6 Å². The summed E-state index contributed by atoms with van der Waals surface area (Å²) in [6.07, 6.45) is -1.92. The van der Waals surface area contributed by atoms with E-state index < -0.39 is 29.5 Å². The van der Waals surface area contributed by atoms with Gasteiger partial charge in [0.2, 0.25) is 0 Å². The Kier molecular flexibility index (Phi) is 5.69. The molecule has 2 atom stereocenters. The number of benzene rings is 4. The van der Waals surface area contributed by atoms with Crippen molar-refractivity contribution in [1.82, 2.24) is 0 Å². The molecular weight excluding hydrogens is 520 g/mol. The van der Waals surface area contributed by atoms with Crippen LogP contribution in [0.25, 0.3) is 11.1 Å². The van der Waals surface area contributed by atoms with E-state index in [1.165, 1.54) is 42.5 Å². The molecule has 4 aromatic rings.